The van der Waals surface area contributed by atoms with Crippen LogP contribution in [0.25, 0.3) is 0 Å². The second-order valence-corrected chi connectivity index (χ2v) is 0.697. The van der Waals surface area contributed by atoms with E-state index in [1.54, 1.807) is 7.05 Å². The first kappa shape index (κ1) is 4.34. The summed E-state index contributed by atoms with van der Waals surface area (Å²) in [6.07, 6.45) is 0. The molecule has 30 valence electrons. The Morgan fingerprint density at radius 3 is 2.20 bits per heavy atom. The van der Waals surface area contributed by atoms with Crippen molar-refractivity contribution < 1.29 is 5.11 Å². The third-order valence-electron chi connectivity index (χ3n) is 0.289. The highest BCUT2D eigenvalue weighted by atomic mass is 16.3. The lowest BCUT2D eigenvalue weighted by atomic mass is 10.9. The van der Waals surface area contributed by atoms with Crippen LogP contribution in [-0.4, -0.2) is 12.2 Å². The topological polar surface area (TPSA) is 32.3 Å². The molecule has 0 heterocycles. The van der Waals surface area contributed by atoms with Gasteiger partial charge in [-0.05, 0) is 6.58 Å². The van der Waals surface area contributed by atoms with Crippen LogP contribution in [-0.2, 0) is 0 Å². The van der Waals surface area contributed by atoms with E-state index >= 15 is 0 Å². The van der Waals surface area contributed by atoms with Gasteiger partial charge in [0, 0.05) is 7.05 Å². The summed E-state index contributed by atoms with van der Waals surface area (Å²) in [6, 6.07) is 0. The Balaban J connectivity index is 2.85. The van der Waals surface area contributed by atoms with Crippen molar-refractivity contribution in [3.8, 4) is 0 Å². The molecule has 0 atom stereocenters. The fraction of sp³-hybridized carbons (Fsp3) is 0.333. The Morgan fingerprint density at radius 2 is 2.20 bits per heavy atom. The molecule has 0 aromatic carbocycles. The third-order valence-corrected chi connectivity index (χ3v) is 0.289. The molecule has 0 bridgehead atoms. The fourth-order valence-corrected chi connectivity index (χ4v) is 0. The van der Waals surface area contributed by atoms with E-state index in [0.717, 1.165) is 0 Å². The predicted octanol–water partition coefficient (Wildman–Crippen LogP) is 0.235. The Bertz CT molecular complexity index is 42.2. The molecule has 0 saturated heterocycles. The minimum atomic E-state index is 0.00463. The van der Waals surface area contributed by atoms with Crippen molar-refractivity contribution in [2.75, 3.05) is 7.05 Å². The van der Waals surface area contributed by atoms with Crippen LogP contribution in [0.4, 0.5) is 0 Å². The largest absolute Gasteiger partial charge is 0.495 e. The van der Waals surface area contributed by atoms with Crippen LogP contribution in [0.5, 0.6) is 0 Å². The van der Waals surface area contributed by atoms with Crippen LogP contribution in [0.15, 0.2) is 12.5 Å². The standard InChI is InChI=1S/C3H7NO/c1-3(5)4-2/h4-5H,1H2,2H3. The van der Waals surface area contributed by atoms with Gasteiger partial charge < -0.3 is 10.4 Å². The molecule has 5 heavy (non-hydrogen) atoms. The molecule has 0 unspecified atom stereocenters. The maximum atomic E-state index is 8.06. The Kier molecular flexibility index (Phi) is 1.42. The van der Waals surface area contributed by atoms with Gasteiger partial charge >= 0.3 is 0 Å². The molecule has 0 aromatic heterocycles. The summed E-state index contributed by atoms with van der Waals surface area (Å²) in [4.78, 5) is 0. The van der Waals surface area contributed by atoms with E-state index in [0.29, 0.717) is 0 Å². The second-order valence-electron chi connectivity index (χ2n) is 0.697. The lowest BCUT2D eigenvalue weighted by Crippen LogP contribution is -2.01. The van der Waals surface area contributed by atoms with Gasteiger partial charge in [0.15, 0.2) is 5.88 Å². The van der Waals surface area contributed by atoms with Crippen LogP contribution in [0.3, 0.4) is 0 Å². The highest BCUT2D eigenvalue weighted by Gasteiger charge is 1.65. The van der Waals surface area contributed by atoms with E-state index in [4.69, 9.17) is 5.11 Å². The lowest BCUT2D eigenvalue weighted by Gasteiger charge is -1.86. The zero-order valence-corrected chi connectivity index (χ0v) is 3.15. The van der Waals surface area contributed by atoms with E-state index in [1.807, 2.05) is 0 Å². The molecule has 0 aliphatic carbocycles. The number of hydrogen-bond acceptors (Lipinski definition) is 2. The molecule has 0 rings (SSSR count). The van der Waals surface area contributed by atoms with E-state index in [1.165, 1.54) is 0 Å². The molecule has 0 saturated carbocycles. The lowest BCUT2D eigenvalue weighted by molar-refractivity contribution is 0.379. The number of hydrogen-bond donors (Lipinski definition) is 2. The molecule has 0 spiro atoms. The summed E-state index contributed by atoms with van der Waals surface area (Å²) < 4.78 is 0. The number of rotatable bonds is 1. The van der Waals surface area contributed by atoms with E-state index in [9.17, 15) is 0 Å². The van der Waals surface area contributed by atoms with Crippen LogP contribution >= 0.6 is 0 Å². The first-order valence-corrected chi connectivity index (χ1v) is 1.33. The summed E-state index contributed by atoms with van der Waals surface area (Å²) in [5, 5.41) is 10.4. The molecule has 2 heteroatoms. The molecule has 0 amide bonds. The van der Waals surface area contributed by atoms with Crippen molar-refractivity contribution in [3.63, 3.8) is 0 Å². The molecule has 2 N–H and O–H groups in total. The summed E-state index contributed by atoms with van der Waals surface area (Å²) in [7, 11) is 1.60. The van der Waals surface area contributed by atoms with Gasteiger partial charge in [0.2, 0.25) is 0 Å². The first-order valence-electron chi connectivity index (χ1n) is 1.33. The first-order chi connectivity index (χ1) is 2.27. The number of nitrogens with one attached hydrogen (secondary N) is 1. The molecule has 0 aliphatic heterocycles. The highest BCUT2D eigenvalue weighted by molar-refractivity contribution is 4.69. The fourth-order valence-electron chi connectivity index (χ4n) is 0. The molecule has 2 nitrogen and oxygen atoms in total. The van der Waals surface area contributed by atoms with Gasteiger partial charge in [0.05, 0.1) is 0 Å². The normalized spacial score (nSPS) is 6.60. The summed E-state index contributed by atoms with van der Waals surface area (Å²) in [5.74, 6) is 0.00463. The van der Waals surface area contributed by atoms with Crippen molar-refractivity contribution in [2.45, 2.75) is 0 Å². The smallest absolute Gasteiger partial charge is 0.176 e. The molecule has 0 fully saturated rings. The molecular weight excluding hydrogens is 66.0 g/mol. The molecule has 0 aromatic rings. The average molecular weight is 73.1 g/mol. The minimum Gasteiger partial charge on any atom is -0.495 e. The maximum Gasteiger partial charge on any atom is 0.176 e. The molecule has 0 radical (unpaired) electrons. The van der Waals surface area contributed by atoms with Crippen LogP contribution in [0.1, 0.15) is 0 Å². The van der Waals surface area contributed by atoms with Crippen LogP contribution in [0.2, 0.25) is 0 Å². The van der Waals surface area contributed by atoms with E-state index in [2.05, 4.69) is 11.9 Å². The van der Waals surface area contributed by atoms with Gasteiger partial charge in [0.1, 0.15) is 0 Å². The van der Waals surface area contributed by atoms with Crippen molar-refractivity contribution in [1.82, 2.24) is 5.32 Å². The summed E-state index contributed by atoms with van der Waals surface area (Å²) in [6.45, 7) is 3.12. The number of aliphatic hydroxyl groups is 1. The van der Waals surface area contributed by atoms with Gasteiger partial charge in [-0.15, -0.1) is 0 Å². The Labute approximate surface area is 31.1 Å². The van der Waals surface area contributed by atoms with E-state index < -0.39 is 0 Å². The van der Waals surface area contributed by atoms with Crippen molar-refractivity contribution >= 4 is 0 Å². The van der Waals surface area contributed by atoms with Gasteiger partial charge in [-0.25, -0.2) is 0 Å². The third kappa shape index (κ3) is 3.34. The van der Waals surface area contributed by atoms with Gasteiger partial charge in [-0.2, -0.15) is 0 Å². The highest BCUT2D eigenvalue weighted by Crippen LogP contribution is 1.60. The quantitative estimate of drug-likeness (QED) is 0.435. The zero-order chi connectivity index (χ0) is 4.28. The maximum absolute atomic E-state index is 8.06. The van der Waals surface area contributed by atoms with Crippen molar-refractivity contribution in [1.29, 1.82) is 0 Å². The van der Waals surface area contributed by atoms with Crippen LogP contribution in [0, 0.1) is 0 Å². The van der Waals surface area contributed by atoms with Crippen molar-refractivity contribution in [2.24, 2.45) is 0 Å². The van der Waals surface area contributed by atoms with Gasteiger partial charge in [0.25, 0.3) is 0 Å². The summed E-state index contributed by atoms with van der Waals surface area (Å²) in [5.41, 5.74) is 0. The monoisotopic (exact) mass is 73.1 g/mol. The van der Waals surface area contributed by atoms with Crippen LogP contribution < -0.4 is 5.32 Å². The minimum absolute atomic E-state index is 0.00463. The van der Waals surface area contributed by atoms with Gasteiger partial charge in [-0.1, -0.05) is 0 Å². The van der Waals surface area contributed by atoms with Gasteiger partial charge in [-0.3, -0.25) is 0 Å². The predicted molar refractivity (Wildman–Crippen MR) is 20.8 cm³/mol. The van der Waals surface area contributed by atoms with E-state index in [-0.39, 0.29) is 5.88 Å². The second kappa shape index (κ2) is 1.64. The SMILES string of the molecule is C=C(O)NC. The Hall–Kier alpha value is -0.660. The molecular formula is C3H7NO. The van der Waals surface area contributed by atoms with Crippen molar-refractivity contribution in [3.05, 3.63) is 12.5 Å². The summed E-state index contributed by atoms with van der Waals surface area (Å²) >= 11 is 0. The number of aliphatic hydroxyl groups excluding tert-OH is 1. The molecule has 0 aliphatic rings. The average Bonchev–Trinajstić information content (AvgIpc) is 1.38. The Morgan fingerprint density at radius 1 is 2.00 bits per heavy atom. The zero-order valence-electron chi connectivity index (χ0n) is 3.15.